The number of hydrogen-bond donors (Lipinski definition) is 2. The van der Waals surface area contributed by atoms with Gasteiger partial charge in [-0.1, -0.05) is 23.2 Å². The van der Waals surface area contributed by atoms with Crippen LogP contribution in [0.5, 0.6) is 17.2 Å². The molecule has 0 aliphatic rings. The van der Waals surface area contributed by atoms with Gasteiger partial charge in [-0.15, -0.1) is 0 Å². The molecule has 2 aromatic heterocycles. The lowest BCUT2D eigenvalue weighted by Crippen LogP contribution is -1.97. The molecule has 0 aliphatic heterocycles. The molecule has 0 unspecified atom stereocenters. The molecule has 0 aliphatic carbocycles. The van der Waals surface area contributed by atoms with E-state index in [9.17, 15) is 0 Å². The second-order valence-electron chi connectivity index (χ2n) is 4.72. The first-order valence-electron chi connectivity index (χ1n) is 6.84. The molecule has 0 spiro atoms. The van der Waals surface area contributed by atoms with Gasteiger partial charge in [0.15, 0.2) is 17.3 Å². The van der Waals surface area contributed by atoms with Crippen molar-refractivity contribution in [3.63, 3.8) is 0 Å². The summed E-state index contributed by atoms with van der Waals surface area (Å²) in [6.45, 7) is 0. The van der Waals surface area contributed by atoms with Gasteiger partial charge in [-0.3, -0.25) is 5.10 Å². The van der Waals surface area contributed by atoms with Gasteiger partial charge in [0.25, 0.3) is 0 Å². The van der Waals surface area contributed by atoms with E-state index < -0.39 is 0 Å². The van der Waals surface area contributed by atoms with Gasteiger partial charge in [-0.05, 0) is 12.1 Å². The molecule has 0 bridgehead atoms. The van der Waals surface area contributed by atoms with Crippen LogP contribution in [-0.2, 0) is 0 Å². The van der Waals surface area contributed by atoms with E-state index in [1.165, 1.54) is 20.5 Å². The number of H-pyrrole nitrogens is 2. The van der Waals surface area contributed by atoms with Crippen molar-refractivity contribution in [2.45, 2.75) is 0 Å². The van der Waals surface area contributed by atoms with Crippen LogP contribution in [0.3, 0.4) is 0 Å². The standard InChI is InChI=1S/C15H14Cl2N4O3/c1-22-8-5-4-7(12(23-2)13(8)24-3)9-10(16)11(20-14(9)17)15-18-6-19-21-15/h4-6,20H,1-3H3,(H,18,19,21). The van der Waals surface area contributed by atoms with Gasteiger partial charge in [0.05, 0.1) is 26.4 Å². The van der Waals surface area contributed by atoms with E-state index >= 15 is 0 Å². The summed E-state index contributed by atoms with van der Waals surface area (Å²) in [6.07, 6.45) is 1.39. The number of methoxy groups -OCH3 is 3. The number of halogens is 2. The summed E-state index contributed by atoms with van der Waals surface area (Å²) in [5.74, 6) is 1.93. The van der Waals surface area contributed by atoms with Crippen LogP contribution in [0.15, 0.2) is 18.5 Å². The fourth-order valence-corrected chi connectivity index (χ4v) is 3.14. The lowest BCUT2D eigenvalue weighted by Gasteiger charge is -2.15. The number of aromatic nitrogens is 4. The molecule has 0 fully saturated rings. The minimum atomic E-state index is 0.344. The van der Waals surface area contributed by atoms with Crippen LogP contribution in [0.4, 0.5) is 0 Å². The molecular formula is C15H14Cl2N4O3. The number of rotatable bonds is 5. The molecule has 2 heterocycles. The minimum absolute atomic E-state index is 0.344. The largest absolute Gasteiger partial charge is 0.493 e. The Hall–Kier alpha value is -2.38. The quantitative estimate of drug-likeness (QED) is 0.715. The molecule has 24 heavy (non-hydrogen) atoms. The Morgan fingerprint density at radius 1 is 1.00 bits per heavy atom. The summed E-state index contributed by atoms with van der Waals surface area (Å²) < 4.78 is 16.2. The number of aromatic amines is 2. The predicted octanol–water partition coefficient (Wildman–Crippen LogP) is 3.80. The fourth-order valence-electron chi connectivity index (χ4n) is 2.47. The van der Waals surface area contributed by atoms with Crippen LogP contribution in [-0.4, -0.2) is 41.5 Å². The third-order valence-electron chi connectivity index (χ3n) is 3.52. The number of ether oxygens (including phenoxy) is 3. The van der Waals surface area contributed by atoms with Crippen molar-refractivity contribution in [2.75, 3.05) is 21.3 Å². The van der Waals surface area contributed by atoms with E-state index in [2.05, 4.69) is 20.2 Å². The van der Waals surface area contributed by atoms with E-state index in [0.29, 0.717) is 50.1 Å². The molecule has 0 radical (unpaired) electrons. The van der Waals surface area contributed by atoms with Crippen LogP contribution in [0, 0.1) is 0 Å². The lowest BCUT2D eigenvalue weighted by molar-refractivity contribution is 0.325. The van der Waals surface area contributed by atoms with Crippen molar-refractivity contribution in [1.82, 2.24) is 20.2 Å². The summed E-state index contributed by atoms with van der Waals surface area (Å²) in [5, 5.41) is 7.30. The highest BCUT2D eigenvalue weighted by atomic mass is 35.5. The first-order chi connectivity index (χ1) is 11.6. The molecule has 9 heteroatoms. The predicted molar refractivity (Wildman–Crippen MR) is 91.3 cm³/mol. The van der Waals surface area contributed by atoms with Gasteiger partial charge in [0.2, 0.25) is 5.75 Å². The number of hydrogen-bond acceptors (Lipinski definition) is 5. The van der Waals surface area contributed by atoms with Gasteiger partial charge in [0, 0.05) is 11.1 Å². The molecule has 2 N–H and O–H groups in total. The molecule has 3 aromatic rings. The van der Waals surface area contributed by atoms with Gasteiger partial charge in [0.1, 0.15) is 17.2 Å². The first kappa shape index (κ1) is 16.5. The first-order valence-corrected chi connectivity index (χ1v) is 7.60. The topological polar surface area (TPSA) is 85.1 Å². The second-order valence-corrected chi connectivity index (χ2v) is 5.47. The highest BCUT2D eigenvalue weighted by molar-refractivity contribution is 6.41. The maximum absolute atomic E-state index is 6.52. The van der Waals surface area contributed by atoms with E-state index in [1.54, 1.807) is 19.2 Å². The lowest BCUT2D eigenvalue weighted by atomic mass is 10.1. The molecule has 3 rings (SSSR count). The Balaban J connectivity index is 2.23. The minimum Gasteiger partial charge on any atom is -0.493 e. The highest BCUT2D eigenvalue weighted by Crippen LogP contribution is 2.49. The summed E-state index contributed by atoms with van der Waals surface area (Å²) in [7, 11) is 4.62. The van der Waals surface area contributed by atoms with Crippen LogP contribution in [0.1, 0.15) is 0 Å². The molecule has 1 aromatic carbocycles. The average Bonchev–Trinajstić information content (AvgIpc) is 3.21. The van der Waals surface area contributed by atoms with Crippen LogP contribution in [0.2, 0.25) is 10.2 Å². The summed E-state index contributed by atoms with van der Waals surface area (Å²) in [6, 6.07) is 3.55. The van der Waals surface area contributed by atoms with Gasteiger partial charge in [-0.2, -0.15) is 5.10 Å². The molecule has 0 saturated carbocycles. The Bertz CT molecular complexity index is 862. The maximum Gasteiger partial charge on any atom is 0.203 e. The summed E-state index contributed by atoms with van der Waals surface area (Å²) >= 11 is 12.9. The molecule has 7 nitrogen and oxygen atoms in total. The SMILES string of the molecule is COc1ccc(-c2c(Cl)[nH]c(-c3ncn[nH]3)c2Cl)c(OC)c1OC. The summed E-state index contributed by atoms with van der Waals surface area (Å²) in [5.41, 5.74) is 1.76. The Morgan fingerprint density at radius 3 is 2.33 bits per heavy atom. The molecule has 0 amide bonds. The third kappa shape index (κ3) is 2.55. The Kier molecular flexibility index (Phi) is 4.55. The third-order valence-corrected chi connectivity index (χ3v) is 4.18. The summed E-state index contributed by atoms with van der Waals surface area (Å²) in [4.78, 5) is 7.09. The van der Waals surface area contributed by atoms with Crippen LogP contribution < -0.4 is 14.2 Å². The van der Waals surface area contributed by atoms with Crippen LogP contribution >= 0.6 is 23.2 Å². The fraction of sp³-hybridized carbons (Fsp3) is 0.200. The Morgan fingerprint density at radius 2 is 1.75 bits per heavy atom. The molecule has 0 saturated heterocycles. The van der Waals surface area contributed by atoms with E-state index in [1.807, 2.05) is 0 Å². The van der Waals surface area contributed by atoms with Crippen molar-refractivity contribution < 1.29 is 14.2 Å². The molecule has 0 atom stereocenters. The zero-order valence-electron chi connectivity index (χ0n) is 13.1. The van der Waals surface area contributed by atoms with Crippen molar-refractivity contribution >= 4 is 23.2 Å². The number of benzene rings is 1. The van der Waals surface area contributed by atoms with Gasteiger partial charge < -0.3 is 19.2 Å². The number of nitrogens with zero attached hydrogens (tertiary/aromatic N) is 2. The zero-order chi connectivity index (χ0) is 17.3. The van der Waals surface area contributed by atoms with Crippen molar-refractivity contribution in [3.8, 4) is 39.9 Å². The van der Waals surface area contributed by atoms with Gasteiger partial charge >= 0.3 is 0 Å². The smallest absolute Gasteiger partial charge is 0.203 e. The maximum atomic E-state index is 6.52. The molecular weight excluding hydrogens is 355 g/mol. The zero-order valence-corrected chi connectivity index (χ0v) is 14.6. The highest BCUT2D eigenvalue weighted by Gasteiger charge is 2.25. The second kappa shape index (κ2) is 6.62. The van der Waals surface area contributed by atoms with Crippen molar-refractivity contribution in [2.24, 2.45) is 0 Å². The Labute approximate surface area is 147 Å². The molecule has 126 valence electrons. The number of nitrogens with one attached hydrogen (secondary N) is 2. The van der Waals surface area contributed by atoms with Gasteiger partial charge in [-0.25, -0.2) is 4.98 Å². The monoisotopic (exact) mass is 368 g/mol. The average molecular weight is 369 g/mol. The van der Waals surface area contributed by atoms with Crippen molar-refractivity contribution in [3.05, 3.63) is 28.6 Å². The normalized spacial score (nSPS) is 10.7. The van der Waals surface area contributed by atoms with E-state index in [0.717, 1.165) is 0 Å². The van der Waals surface area contributed by atoms with Crippen molar-refractivity contribution in [1.29, 1.82) is 0 Å². The van der Waals surface area contributed by atoms with E-state index in [4.69, 9.17) is 37.4 Å². The van der Waals surface area contributed by atoms with E-state index in [-0.39, 0.29) is 0 Å². The van der Waals surface area contributed by atoms with Crippen LogP contribution in [0.25, 0.3) is 22.6 Å².